The molecule has 2 aliphatic heterocycles. The zero-order chi connectivity index (χ0) is 12.4. The third kappa shape index (κ3) is 2.27. The zero-order valence-corrected chi connectivity index (χ0v) is 10.6. The molecule has 3 heterocycles. The third-order valence-electron chi connectivity index (χ3n) is 4.09. The average molecular weight is 248 g/mol. The molecule has 3 rings (SSSR count). The number of H-pyrrole nitrogens is 1. The summed E-state index contributed by atoms with van der Waals surface area (Å²) in [6, 6.07) is 0.567. The smallest absolute Gasteiger partial charge is 0.257 e. The maximum absolute atomic E-state index is 12.3. The molecule has 2 fully saturated rings. The molecule has 0 aromatic carbocycles. The van der Waals surface area contributed by atoms with Crippen molar-refractivity contribution in [1.82, 2.24) is 20.0 Å². The maximum atomic E-state index is 12.3. The van der Waals surface area contributed by atoms with Gasteiger partial charge in [-0.2, -0.15) is 5.10 Å². The van der Waals surface area contributed by atoms with Crippen molar-refractivity contribution in [1.29, 1.82) is 0 Å². The Morgan fingerprint density at radius 3 is 2.83 bits per heavy atom. The van der Waals surface area contributed by atoms with Crippen molar-refractivity contribution < 1.29 is 4.79 Å². The van der Waals surface area contributed by atoms with Gasteiger partial charge in [0.15, 0.2) is 0 Å². The van der Waals surface area contributed by atoms with Crippen molar-refractivity contribution >= 4 is 5.91 Å². The molecule has 5 heteroatoms. The largest absolute Gasteiger partial charge is 0.337 e. The summed E-state index contributed by atoms with van der Waals surface area (Å²) in [7, 11) is 0. The summed E-state index contributed by atoms with van der Waals surface area (Å²) in [4.78, 5) is 16.8. The van der Waals surface area contributed by atoms with Gasteiger partial charge in [-0.05, 0) is 38.8 Å². The van der Waals surface area contributed by atoms with E-state index in [0.717, 1.165) is 19.5 Å². The van der Waals surface area contributed by atoms with Crippen LogP contribution in [0.15, 0.2) is 12.4 Å². The van der Waals surface area contributed by atoms with E-state index >= 15 is 0 Å². The first kappa shape index (κ1) is 11.7. The van der Waals surface area contributed by atoms with Crippen LogP contribution in [0.1, 0.15) is 36.0 Å². The summed E-state index contributed by atoms with van der Waals surface area (Å²) in [5, 5.41) is 6.56. The molecule has 2 saturated heterocycles. The van der Waals surface area contributed by atoms with Crippen LogP contribution in [-0.4, -0.2) is 58.1 Å². The number of hydrogen-bond acceptors (Lipinski definition) is 3. The van der Waals surface area contributed by atoms with E-state index in [1.807, 2.05) is 4.90 Å². The Kier molecular flexibility index (Phi) is 3.32. The minimum Gasteiger partial charge on any atom is -0.337 e. The van der Waals surface area contributed by atoms with Crippen LogP contribution in [0.4, 0.5) is 0 Å². The van der Waals surface area contributed by atoms with Gasteiger partial charge >= 0.3 is 0 Å². The number of nitrogens with zero attached hydrogens (tertiary/aromatic N) is 3. The Labute approximate surface area is 107 Å². The van der Waals surface area contributed by atoms with Gasteiger partial charge < -0.3 is 4.90 Å². The number of piperidine rings is 1. The molecular formula is C13H20N4O. The van der Waals surface area contributed by atoms with E-state index in [9.17, 15) is 4.79 Å². The van der Waals surface area contributed by atoms with E-state index in [4.69, 9.17) is 0 Å². The first-order chi connectivity index (χ1) is 8.84. The molecular weight excluding hydrogens is 228 g/mol. The standard InChI is InChI=1S/C13H20N4O/c18-13(11-8-14-15-9-11)17-7-3-4-12(10-17)16-5-1-2-6-16/h8-9,12H,1-7,10H2,(H,14,15). The minimum absolute atomic E-state index is 0.118. The molecule has 1 aromatic heterocycles. The molecule has 18 heavy (non-hydrogen) atoms. The lowest BCUT2D eigenvalue weighted by Crippen LogP contribution is -2.48. The number of hydrogen-bond donors (Lipinski definition) is 1. The molecule has 1 N–H and O–H groups in total. The Morgan fingerprint density at radius 1 is 1.28 bits per heavy atom. The first-order valence-electron chi connectivity index (χ1n) is 6.87. The zero-order valence-electron chi connectivity index (χ0n) is 10.6. The molecule has 0 aliphatic carbocycles. The van der Waals surface area contributed by atoms with Crippen molar-refractivity contribution in [3.05, 3.63) is 18.0 Å². The van der Waals surface area contributed by atoms with E-state index in [1.54, 1.807) is 12.4 Å². The van der Waals surface area contributed by atoms with Crippen molar-refractivity contribution in [3.8, 4) is 0 Å². The van der Waals surface area contributed by atoms with Gasteiger partial charge in [-0.3, -0.25) is 14.8 Å². The number of carbonyl (C=O) groups is 1. The number of aromatic amines is 1. The van der Waals surface area contributed by atoms with E-state index in [2.05, 4.69) is 15.1 Å². The van der Waals surface area contributed by atoms with Crippen LogP contribution in [0, 0.1) is 0 Å². The Balaban J connectivity index is 1.64. The van der Waals surface area contributed by atoms with Crippen molar-refractivity contribution in [2.75, 3.05) is 26.2 Å². The molecule has 1 aromatic rings. The Morgan fingerprint density at radius 2 is 2.11 bits per heavy atom. The van der Waals surface area contributed by atoms with Crippen LogP contribution < -0.4 is 0 Å². The highest BCUT2D eigenvalue weighted by Gasteiger charge is 2.29. The number of likely N-dealkylation sites (tertiary alicyclic amines) is 2. The van der Waals surface area contributed by atoms with Crippen LogP contribution in [0.25, 0.3) is 0 Å². The van der Waals surface area contributed by atoms with E-state index in [1.165, 1.54) is 32.4 Å². The number of aromatic nitrogens is 2. The molecule has 98 valence electrons. The van der Waals surface area contributed by atoms with Gasteiger partial charge in [0.2, 0.25) is 0 Å². The second-order valence-corrected chi connectivity index (χ2v) is 5.28. The highest BCUT2D eigenvalue weighted by atomic mass is 16.2. The lowest BCUT2D eigenvalue weighted by molar-refractivity contribution is 0.0608. The van der Waals surface area contributed by atoms with Crippen LogP contribution >= 0.6 is 0 Å². The second-order valence-electron chi connectivity index (χ2n) is 5.28. The Hall–Kier alpha value is -1.36. The number of carbonyl (C=O) groups excluding carboxylic acids is 1. The molecule has 0 spiro atoms. The molecule has 5 nitrogen and oxygen atoms in total. The van der Waals surface area contributed by atoms with Crippen molar-refractivity contribution in [2.24, 2.45) is 0 Å². The van der Waals surface area contributed by atoms with Crippen molar-refractivity contribution in [2.45, 2.75) is 31.7 Å². The van der Waals surface area contributed by atoms with Crippen LogP contribution in [0.3, 0.4) is 0 Å². The van der Waals surface area contributed by atoms with E-state index < -0.39 is 0 Å². The topological polar surface area (TPSA) is 52.2 Å². The number of rotatable bonds is 2. The number of nitrogens with one attached hydrogen (secondary N) is 1. The van der Waals surface area contributed by atoms with E-state index in [0.29, 0.717) is 11.6 Å². The van der Waals surface area contributed by atoms with Crippen LogP contribution in [0.2, 0.25) is 0 Å². The summed E-state index contributed by atoms with van der Waals surface area (Å²) >= 11 is 0. The fraction of sp³-hybridized carbons (Fsp3) is 0.692. The normalized spacial score (nSPS) is 25.6. The first-order valence-corrected chi connectivity index (χ1v) is 6.87. The summed E-state index contributed by atoms with van der Waals surface area (Å²) in [6.45, 7) is 4.18. The summed E-state index contributed by atoms with van der Waals surface area (Å²) in [6.07, 6.45) is 8.27. The monoisotopic (exact) mass is 248 g/mol. The highest BCUT2D eigenvalue weighted by Crippen LogP contribution is 2.21. The lowest BCUT2D eigenvalue weighted by atomic mass is 10.0. The second kappa shape index (κ2) is 5.10. The summed E-state index contributed by atoms with van der Waals surface area (Å²) in [5.41, 5.74) is 0.678. The van der Waals surface area contributed by atoms with Crippen LogP contribution in [0.5, 0.6) is 0 Å². The Bertz CT molecular complexity index is 397. The fourth-order valence-corrected chi connectivity index (χ4v) is 3.09. The molecule has 0 bridgehead atoms. The predicted octanol–water partition coefficient (Wildman–Crippen LogP) is 1.11. The van der Waals surface area contributed by atoms with Gasteiger partial charge in [0.1, 0.15) is 0 Å². The third-order valence-corrected chi connectivity index (χ3v) is 4.09. The molecule has 0 saturated carbocycles. The van der Waals surface area contributed by atoms with Gasteiger partial charge in [-0.1, -0.05) is 0 Å². The van der Waals surface area contributed by atoms with Crippen LogP contribution in [-0.2, 0) is 0 Å². The maximum Gasteiger partial charge on any atom is 0.257 e. The molecule has 2 aliphatic rings. The minimum atomic E-state index is 0.118. The number of amides is 1. The fourth-order valence-electron chi connectivity index (χ4n) is 3.09. The molecule has 1 unspecified atom stereocenters. The molecule has 1 amide bonds. The molecule has 1 atom stereocenters. The lowest BCUT2D eigenvalue weighted by Gasteiger charge is -2.37. The van der Waals surface area contributed by atoms with Gasteiger partial charge in [0.05, 0.1) is 11.8 Å². The average Bonchev–Trinajstić information content (AvgIpc) is 3.11. The quantitative estimate of drug-likeness (QED) is 0.853. The SMILES string of the molecule is O=C(c1cn[nH]c1)N1CCCC(N2CCCC2)C1. The van der Waals surface area contributed by atoms with Gasteiger partial charge in [0.25, 0.3) is 5.91 Å². The van der Waals surface area contributed by atoms with Gasteiger partial charge in [-0.25, -0.2) is 0 Å². The van der Waals surface area contributed by atoms with Gasteiger partial charge in [-0.15, -0.1) is 0 Å². The summed E-state index contributed by atoms with van der Waals surface area (Å²) in [5.74, 6) is 0.118. The highest BCUT2D eigenvalue weighted by molar-refractivity contribution is 5.93. The van der Waals surface area contributed by atoms with Gasteiger partial charge in [0, 0.05) is 25.3 Å². The predicted molar refractivity (Wildman–Crippen MR) is 68.3 cm³/mol. The van der Waals surface area contributed by atoms with E-state index in [-0.39, 0.29) is 5.91 Å². The molecule has 0 radical (unpaired) electrons. The van der Waals surface area contributed by atoms with Crippen molar-refractivity contribution in [3.63, 3.8) is 0 Å². The summed E-state index contributed by atoms with van der Waals surface area (Å²) < 4.78 is 0.